The zero-order valence-electron chi connectivity index (χ0n) is 9.47. The summed E-state index contributed by atoms with van der Waals surface area (Å²) in [4.78, 5) is 22.3. The van der Waals surface area contributed by atoms with Crippen molar-refractivity contribution in [2.24, 2.45) is 5.10 Å². The first-order valence-electron chi connectivity index (χ1n) is 5.32. The maximum atomic E-state index is 11.4. The summed E-state index contributed by atoms with van der Waals surface area (Å²) >= 11 is 1.25. The lowest BCUT2D eigenvalue weighted by Crippen LogP contribution is -2.33. The zero-order valence-corrected chi connectivity index (χ0v) is 10.3. The van der Waals surface area contributed by atoms with Crippen LogP contribution in [0.25, 0.3) is 0 Å². The Morgan fingerprint density at radius 1 is 1.39 bits per heavy atom. The van der Waals surface area contributed by atoms with E-state index in [1.165, 1.54) is 11.8 Å². The van der Waals surface area contributed by atoms with Crippen LogP contribution < -0.4 is 16.1 Å². The summed E-state index contributed by atoms with van der Waals surface area (Å²) in [6.07, 6.45) is 0. The molecule has 3 N–H and O–H groups in total. The van der Waals surface area contributed by atoms with Gasteiger partial charge in [-0.1, -0.05) is 42.1 Å². The van der Waals surface area contributed by atoms with E-state index in [9.17, 15) is 9.59 Å². The molecule has 7 heteroatoms. The number of hydrogen-bond donors (Lipinski definition) is 3. The summed E-state index contributed by atoms with van der Waals surface area (Å²) in [6.45, 7) is 0.428. The molecule has 0 aliphatic carbocycles. The van der Waals surface area contributed by atoms with E-state index in [4.69, 9.17) is 0 Å². The molecule has 3 amide bonds. The van der Waals surface area contributed by atoms with Crippen molar-refractivity contribution in [2.75, 3.05) is 5.75 Å². The third-order valence-corrected chi connectivity index (χ3v) is 3.01. The lowest BCUT2D eigenvalue weighted by molar-refractivity contribution is -0.116. The highest BCUT2D eigenvalue weighted by Crippen LogP contribution is 2.07. The molecular formula is C11H12N4O2S. The van der Waals surface area contributed by atoms with Crippen molar-refractivity contribution in [3.05, 3.63) is 35.9 Å². The maximum Gasteiger partial charge on any atom is 0.335 e. The molecule has 0 unspecified atom stereocenters. The van der Waals surface area contributed by atoms with Crippen LogP contribution in [-0.2, 0) is 11.3 Å². The molecule has 0 saturated carbocycles. The molecule has 18 heavy (non-hydrogen) atoms. The van der Waals surface area contributed by atoms with Gasteiger partial charge in [0.2, 0.25) is 5.91 Å². The highest BCUT2D eigenvalue weighted by Gasteiger charge is 2.16. The Hall–Kier alpha value is -2.02. The second kappa shape index (κ2) is 6.06. The number of nitrogens with zero attached hydrogens (tertiary/aromatic N) is 1. The second-order valence-corrected chi connectivity index (χ2v) is 4.50. The van der Waals surface area contributed by atoms with Crippen molar-refractivity contribution in [1.82, 2.24) is 16.1 Å². The Morgan fingerprint density at radius 2 is 2.17 bits per heavy atom. The Kier molecular flexibility index (Phi) is 4.19. The SMILES string of the molecule is O=C1CS/C(=N/NC(=O)NCc2ccccc2)N1. The van der Waals surface area contributed by atoms with Crippen molar-refractivity contribution in [3.63, 3.8) is 0 Å². The first-order valence-corrected chi connectivity index (χ1v) is 6.31. The number of hydrogen-bond acceptors (Lipinski definition) is 4. The highest BCUT2D eigenvalue weighted by molar-refractivity contribution is 8.15. The Morgan fingerprint density at radius 3 is 2.83 bits per heavy atom. The van der Waals surface area contributed by atoms with E-state index in [0.29, 0.717) is 17.5 Å². The second-order valence-electron chi connectivity index (χ2n) is 3.53. The third kappa shape index (κ3) is 3.77. The molecule has 0 spiro atoms. The fourth-order valence-corrected chi connectivity index (χ4v) is 1.94. The van der Waals surface area contributed by atoms with E-state index in [2.05, 4.69) is 21.2 Å². The average Bonchev–Trinajstić information content (AvgIpc) is 2.81. The summed E-state index contributed by atoms with van der Waals surface area (Å²) in [5, 5.41) is 9.35. The van der Waals surface area contributed by atoms with Crippen LogP contribution in [-0.4, -0.2) is 22.9 Å². The van der Waals surface area contributed by atoms with Crippen LogP contribution in [0.1, 0.15) is 5.56 Å². The predicted octanol–water partition coefficient (Wildman–Crippen LogP) is 0.620. The molecule has 2 rings (SSSR count). The van der Waals surface area contributed by atoms with Crippen molar-refractivity contribution < 1.29 is 9.59 Å². The molecule has 1 fully saturated rings. The number of carbonyl (C=O) groups excluding carboxylic acids is 2. The summed E-state index contributed by atoms with van der Waals surface area (Å²) in [5.74, 6) is 0.233. The minimum absolute atomic E-state index is 0.106. The molecular weight excluding hydrogens is 252 g/mol. The van der Waals surface area contributed by atoms with Gasteiger partial charge in [0, 0.05) is 6.54 Å². The molecule has 94 valence electrons. The number of amides is 3. The van der Waals surface area contributed by atoms with E-state index in [0.717, 1.165) is 5.56 Å². The first-order chi connectivity index (χ1) is 8.74. The normalized spacial score (nSPS) is 16.4. The minimum atomic E-state index is -0.409. The average molecular weight is 264 g/mol. The quantitative estimate of drug-likeness (QED) is 0.700. The van der Waals surface area contributed by atoms with E-state index in [1.54, 1.807) is 0 Å². The number of nitrogens with one attached hydrogen (secondary N) is 3. The van der Waals surface area contributed by atoms with Gasteiger partial charge in [0.15, 0.2) is 5.17 Å². The smallest absolute Gasteiger partial charge is 0.333 e. The molecule has 0 aromatic heterocycles. The molecule has 0 bridgehead atoms. The molecule has 1 aromatic carbocycles. The summed E-state index contributed by atoms with van der Waals surface area (Å²) in [5.41, 5.74) is 3.32. The topological polar surface area (TPSA) is 82.6 Å². The summed E-state index contributed by atoms with van der Waals surface area (Å²) < 4.78 is 0. The van der Waals surface area contributed by atoms with Crippen LogP contribution in [0.3, 0.4) is 0 Å². The van der Waals surface area contributed by atoms with E-state index in [-0.39, 0.29) is 5.91 Å². The van der Waals surface area contributed by atoms with Crippen LogP contribution in [0.2, 0.25) is 0 Å². The van der Waals surface area contributed by atoms with Crippen molar-refractivity contribution in [3.8, 4) is 0 Å². The van der Waals surface area contributed by atoms with Gasteiger partial charge >= 0.3 is 6.03 Å². The van der Waals surface area contributed by atoms with E-state index >= 15 is 0 Å². The number of rotatable bonds is 3. The third-order valence-electron chi connectivity index (χ3n) is 2.14. The van der Waals surface area contributed by atoms with Gasteiger partial charge < -0.3 is 10.6 Å². The number of benzene rings is 1. The van der Waals surface area contributed by atoms with Crippen LogP contribution in [0.15, 0.2) is 35.4 Å². The predicted molar refractivity (Wildman–Crippen MR) is 69.8 cm³/mol. The summed E-state index contributed by atoms with van der Waals surface area (Å²) in [6, 6.07) is 9.14. The first kappa shape index (κ1) is 12.4. The number of amidine groups is 1. The van der Waals surface area contributed by atoms with Crippen molar-refractivity contribution >= 4 is 28.9 Å². The maximum absolute atomic E-state index is 11.4. The molecule has 1 aromatic rings. The van der Waals surface area contributed by atoms with Crippen LogP contribution in [0, 0.1) is 0 Å². The standard InChI is InChI=1S/C11H12N4O2S/c16-9-7-18-11(13-9)15-14-10(17)12-6-8-4-2-1-3-5-8/h1-5H,6-7H2,(H2,12,14,17)(H,13,15,16). The largest absolute Gasteiger partial charge is 0.335 e. The van der Waals surface area contributed by atoms with Gasteiger partial charge in [0.05, 0.1) is 5.75 Å². The monoisotopic (exact) mass is 264 g/mol. The number of urea groups is 1. The fraction of sp³-hybridized carbons (Fsp3) is 0.182. The molecule has 1 aliphatic rings. The van der Waals surface area contributed by atoms with Gasteiger partial charge in [0.25, 0.3) is 0 Å². The lowest BCUT2D eigenvalue weighted by atomic mass is 10.2. The fourth-order valence-electron chi connectivity index (χ4n) is 1.30. The zero-order chi connectivity index (χ0) is 12.8. The molecule has 6 nitrogen and oxygen atoms in total. The van der Waals surface area contributed by atoms with Gasteiger partial charge in [-0.25, -0.2) is 10.2 Å². The van der Waals surface area contributed by atoms with E-state index in [1.807, 2.05) is 30.3 Å². The van der Waals surface area contributed by atoms with Crippen LogP contribution in [0.4, 0.5) is 4.79 Å². The Bertz CT molecular complexity index is 475. The highest BCUT2D eigenvalue weighted by atomic mass is 32.2. The van der Waals surface area contributed by atoms with Gasteiger partial charge in [-0.15, -0.1) is 5.10 Å². The van der Waals surface area contributed by atoms with Gasteiger partial charge in [-0.2, -0.15) is 0 Å². The van der Waals surface area contributed by atoms with E-state index < -0.39 is 6.03 Å². The Labute approximate surface area is 108 Å². The summed E-state index contributed by atoms with van der Waals surface area (Å²) in [7, 11) is 0. The van der Waals surface area contributed by atoms with Gasteiger partial charge in [0.1, 0.15) is 0 Å². The molecule has 1 heterocycles. The molecule has 1 aliphatic heterocycles. The van der Waals surface area contributed by atoms with Gasteiger partial charge in [-0.05, 0) is 5.56 Å². The van der Waals surface area contributed by atoms with Crippen molar-refractivity contribution in [2.45, 2.75) is 6.54 Å². The number of carbonyl (C=O) groups is 2. The molecule has 0 atom stereocenters. The number of thioether (sulfide) groups is 1. The van der Waals surface area contributed by atoms with Crippen LogP contribution >= 0.6 is 11.8 Å². The van der Waals surface area contributed by atoms with Crippen molar-refractivity contribution in [1.29, 1.82) is 0 Å². The lowest BCUT2D eigenvalue weighted by Gasteiger charge is -2.04. The minimum Gasteiger partial charge on any atom is -0.333 e. The molecule has 0 radical (unpaired) electrons. The Balaban J connectivity index is 1.74. The van der Waals surface area contributed by atoms with Crippen LogP contribution in [0.5, 0.6) is 0 Å². The molecule has 1 saturated heterocycles. The number of hydrazone groups is 1. The van der Waals surface area contributed by atoms with Gasteiger partial charge in [-0.3, -0.25) is 4.79 Å².